The van der Waals surface area contributed by atoms with E-state index in [0.717, 1.165) is 22.6 Å². The zero-order valence-corrected chi connectivity index (χ0v) is 22.2. The van der Waals surface area contributed by atoms with Gasteiger partial charge in [0.2, 0.25) is 8.32 Å². The van der Waals surface area contributed by atoms with Gasteiger partial charge in [0, 0.05) is 12.4 Å². The van der Waals surface area contributed by atoms with Crippen molar-refractivity contribution in [3.05, 3.63) is 48.3 Å². The van der Waals surface area contributed by atoms with E-state index < -0.39 is 13.9 Å². The maximum absolute atomic E-state index is 11.0. The highest BCUT2D eigenvalue weighted by Gasteiger charge is 2.40. The van der Waals surface area contributed by atoms with Crippen LogP contribution in [-0.2, 0) is 9.94 Å². The van der Waals surface area contributed by atoms with Crippen molar-refractivity contribution in [2.24, 2.45) is 0 Å². The fourth-order valence-corrected chi connectivity index (χ4v) is 3.70. The van der Waals surface area contributed by atoms with Crippen molar-refractivity contribution >= 4 is 25.4 Å². The average Bonchev–Trinajstić information content (AvgIpc) is 2.63. The Labute approximate surface area is 190 Å². The lowest BCUT2D eigenvalue weighted by Gasteiger charge is -2.41. The van der Waals surface area contributed by atoms with Crippen LogP contribution in [0, 0.1) is 0 Å². The van der Waals surface area contributed by atoms with Crippen LogP contribution in [0.5, 0.6) is 0 Å². The first-order valence-electron chi connectivity index (χ1n) is 11.0. The van der Waals surface area contributed by atoms with Gasteiger partial charge in [0.25, 0.3) is 0 Å². The highest BCUT2D eigenvalue weighted by Crippen LogP contribution is 2.42. The van der Waals surface area contributed by atoms with Gasteiger partial charge in [-0.05, 0) is 80.2 Å². The van der Waals surface area contributed by atoms with E-state index in [1.54, 1.807) is 12.4 Å². The van der Waals surface area contributed by atoms with E-state index in [0.29, 0.717) is 0 Å². The lowest BCUT2D eigenvalue weighted by atomic mass is 9.86. The smallest absolute Gasteiger partial charge is 0.229 e. The Hall–Kier alpha value is -1.89. The molecule has 0 bridgehead atoms. The first kappa shape index (κ1) is 25.4. The molecule has 0 radical (unpaired) electrons. The predicted octanol–water partition coefficient (Wildman–Crippen LogP) is 7.45. The summed E-state index contributed by atoms with van der Waals surface area (Å²) in [5.41, 5.74) is 3.15. The van der Waals surface area contributed by atoms with Gasteiger partial charge in [0.15, 0.2) is 0 Å². The predicted molar refractivity (Wildman–Crippen MR) is 134 cm³/mol. The molecule has 0 amide bonds. The van der Waals surface area contributed by atoms with Crippen molar-refractivity contribution in [2.45, 2.75) is 91.4 Å². The summed E-state index contributed by atoms with van der Waals surface area (Å²) in [5.74, 6) is 0. The van der Waals surface area contributed by atoms with Gasteiger partial charge >= 0.3 is 0 Å². The number of hydrogen-bond acceptors (Lipinski definition) is 5. The molecule has 172 valence electrons. The van der Waals surface area contributed by atoms with Gasteiger partial charge in [-0.3, -0.25) is 15.3 Å². The number of nitrogens with zero attached hydrogens (tertiary/aromatic N) is 3. The van der Waals surface area contributed by atoms with Gasteiger partial charge < -0.3 is 4.53 Å². The molecule has 0 unspecified atom stereocenters. The summed E-state index contributed by atoms with van der Waals surface area (Å²) < 4.78 is 6.81. The lowest BCUT2D eigenvalue weighted by Crippen LogP contribution is -2.45. The second kappa shape index (κ2) is 8.56. The molecule has 0 atom stereocenters. The third-order valence-electron chi connectivity index (χ3n) is 5.91. The van der Waals surface area contributed by atoms with Gasteiger partial charge in [0.05, 0.1) is 22.6 Å². The molecule has 0 saturated carbocycles. The minimum atomic E-state index is -2.15. The van der Waals surface area contributed by atoms with Crippen LogP contribution in [0.3, 0.4) is 0 Å². The van der Waals surface area contributed by atoms with Crippen molar-refractivity contribution in [2.75, 3.05) is 10.1 Å². The number of anilines is 3. The summed E-state index contributed by atoms with van der Waals surface area (Å²) in [7, 11) is -2.15. The Morgan fingerprint density at radius 2 is 1.32 bits per heavy atom. The summed E-state index contributed by atoms with van der Waals surface area (Å²) in [5, 5.41) is 14.3. The van der Waals surface area contributed by atoms with E-state index in [1.807, 2.05) is 44.0 Å². The summed E-state index contributed by atoms with van der Waals surface area (Å²) in [6.07, 6.45) is 3.55. The molecule has 1 N–H and O–H groups in total. The van der Waals surface area contributed by atoms with Crippen molar-refractivity contribution < 1.29 is 9.73 Å². The highest BCUT2D eigenvalue weighted by atomic mass is 28.4. The van der Waals surface area contributed by atoms with Gasteiger partial charge in [-0.25, -0.2) is 5.06 Å². The molecule has 0 fully saturated rings. The van der Waals surface area contributed by atoms with E-state index in [1.165, 1.54) is 5.06 Å². The Balaban J connectivity index is 2.72. The number of hydrogen-bond donors (Lipinski definition) is 1. The molecule has 0 spiro atoms. The van der Waals surface area contributed by atoms with Gasteiger partial charge in [-0.15, -0.1) is 0 Å². The summed E-state index contributed by atoms with van der Waals surface area (Å²) in [6, 6.07) is 10.1. The van der Waals surface area contributed by atoms with E-state index >= 15 is 0 Å². The van der Waals surface area contributed by atoms with Crippen LogP contribution >= 0.6 is 0 Å². The Morgan fingerprint density at radius 1 is 0.806 bits per heavy atom. The molecule has 1 aromatic heterocycles. The van der Waals surface area contributed by atoms with E-state index in [4.69, 9.17) is 4.53 Å². The van der Waals surface area contributed by atoms with Gasteiger partial charge in [-0.1, -0.05) is 41.5 Å². The van der Waals surface area contributed by atoms with Crippen molar-refractivity contribution in [1.29, 1.82) is 0 Å². The summed E-state index contributed by atoms with van der Waals surface area (Å²) >= 11 is 0. The number of rotatable bonds is 5. The molecule has 2 rings (SSSR count). The van der Waals surface area contributed by atoms with Crippen LogP contribution in [0.15, 0.2) is 42.7 Å². The summed E-state index contributed by atoms with van der Waals surface area (Å²) in [4.78, 5) is 4.18. The average molecular weight is 444 g/mol. The SMILES string of the molecule is CC(C)(C)c1cc(N(O[Si](C)(C)C(C)(C)C)c2ccncc2)cc(N(O)C(C)(C)C)c1. The summed E-state index contributed by atoms with van der Waals surface area (Å²) in [6.45, 7) is 23.7. The van der Waals surface area contributed by atoms with Crippen LogP contribution in [0.1, 0.15) is 67.9 Å². The van der Waals surface area contributed by atoms with E-state index in [9.17, 15) is 5.21 Å². The maximum atomic E-state index is 11.0. The molecule has 2 aromatic rings. The zero-order valence-electron chi connectivity index (χ0n) is 21.2. The minimum Gasteiger partial charge on any atom is -0.315 e. The second-order valence-electron chi connectivity index (χ2n) is 11.8. The van der Waals surface area contributed by atoms with E-state index in [-0.39, 0.29) is 10.5 Å². The number of pyridine rings is 1. The molecule has 0 aliphatic rings. The van der Waals surface area contributed by atoms with Crippen LogP contribution in [0.4, 0.5) is 17.1 Å². The minimum absolute atomic E-state index is 0.0389. The molecular formula is C25H41N3O2Si. The van der Waals surface area contributed by atoms with Crippen molar-refractivity contribution in [3.8, 4) is 0 Å². The molecule has 0 aliphatic heterocycles. The van der Waals surface area contributed by atoms with E-state index in [2.05, 4.69) is 71.8 Å². The van der Waals surface area contributed by atoms with Crippen LogP contribution in [0.25, 0.3) is 0 Å². The first-order valence-corrected chi connectivity index (χ1v) is 13.9. The number of benzene rings is 1. The Bertz CT molecular complexity index is 878. The molecule has 1 heterocycles. The van der Waals surface area contributed by atoms with Crippen LogP contribution in [0.2, 0.25) is 18.1 Å². The maximum Gasteiger partial charge on any atom is 0.229 e. The second-order valence-corrected chi connectivity index (χ2v) is 16.5. The van der Waals surface area contributed by atoms with Gasteiger partial charge in [0.1, 0.15) is 0 Å². The van der Waals surface area contributed by atoms with Crippen molar-refractivity contribution in [1.82, 2.24) is 4.98 Å². The Kier molecular flexibility index (Phi) is 7.01. The highest BCUT2D eigenvalue weighted by molar-refractivity contribution is 6.74. The topological polar surface area (TPSA) is 48.8 Å². The molecule has 0 saturated heterocycles. The van der Waals surface area contributed by atoms with Crippen LogP contribution in [-0.4, -0.2) is 24.0 Å². The third kappa shape index (κ3) is 6.09. The molecule has 0 aliphatic carbocycles. The molecule has 31 heavy (non-hydrogen) atoms. The molecule has 1 aromatic carbocycles. The first-order chi connectivity index (χ1) is 13.9. The van der Waals surface area contributed by atoms with Gasteiger partial charge in [-0.2, -0.15) is 0 Å². The fraction of sp³-hybridized carbons (Fsp3) is 0.560. The third-order valence-corrected chi connectivity index (χ3v) is 10.2. The largest absolute Gasteiger partial charge is 0.315 e. The van der Waals surface area contributed by atoms with Crippen LogP contribution < -0.4 is 10.1 Å². The Morgan fingerprint density at radius 3 is 1.77 bits per heavy atom. The molecular weight excluding hydrogens is 402 g/mol. The van der Waals surface area contributed by atoms with Crippen molar-refractivity contribution in [3.63, 3.8) is 0 Å². The standard InChI is InChI=1S/C25H41N3O2Si/c1-23(2,3)19-16-21(18-22(17-19)28(29)24(4,5)6)27(20-12-14-26-15-13-20)30-31(10,11)25(7,8)9/h12-18,29H,1-11H3. The monoisotopic (exact) mass is 443 g/mol. The quantitative estimate of drug-likeness (QED) is 0.384. The fourth-order valence-electron chi connectivity index (χ4n) is 2.75. The lowest BCUT2D eigenvalue weighted by molar-refractivity contribution is 0.180. The number of hydroxylamine groups is 1. The molecule has 6 heteroatoms. The molecule has 5 nitrogen and oxygen atoms in total. The normalized spacial score (nSPS) is 13.3. The zero-order chi connectivity index (χ0) is 23.8. The number of aromatic nitrogens is 1.